The van der Waals surface area contributed by atoms with Crippen molar-refractivity contribution in [3.8, 4) is 0 Å². The number of hydrogen-bond acceptors (Lipinski definition) is 5. The Balaban J connectivity index is 1.59. The van der Waals surface area contributed by atoms with Crippen LogP contribution in [0.4, 0.5) is 0 Å². The number of thiocarbonyl (C=S) groups is 1. The molecule has 0 spiro atoms. The van der Waals surface area contributed by atoms with Crippen LogP contribution in [0, 0.1) is 6.92 Å². The van der Waals surface area contributed by atoms with Gasteiger partial charge in [0.2, 0.25) is 10.0 Å². The number of ether oxygens (including phenoxy) is 1. The van der Waals surface area contributed by atoms with Gasteiger partial charge in [-0.3, -0.25) is 4.90 Å². The molecular formula is C15H21N3O3S2. The quantitative estimate of drug-likeness (QED) is 0.748. The molecule has 0 unspecified atom stereocenters. The van der Waals surface area contributed by atoms with E-state index < -0.39 is 10.0 Å². The molecule has 2 fully saturated rings. The Morgan fingerprint density at radius 1 is 1.09 bits per heavy atom. The van der Waals surface area contributed by atoms with Crippen LogP contribution in [0.2, 0.25) is 0 Å². The molecule has 3 rings (SSSR count). The molecule has 2 heterocycles. The van der Waals surface area contributed by atoms with Crippen molar-refractivity contribution in [1.82, 2.24) is 14.1 Å². The lowest BCUT2D eigenvalue weighted by Crippen LogP contribution is -2.51. The van der Waals surface area contributed by atoms with Crippen LogP contribution in [-0.2, 0) is 14.8 Å². The van der Waals surface area contributed by atoms with Gasteiger partial charge in [-0.05, 0) is 31.3 Å². The van der Waals surface area contributed by atoms with Crippen molar-refractivity contribution >= 4 is 27.4 Å². The molecule has 8 heteroatoms. The molecular weight excluding hydrogens is 334 g/mol. The summed E-state index contributed by atoms with van der Waals surface area (Å²) in [7, 11) is -3.40. The lowest BCUT2D eigenvalue weighted by atomic mass is 10.2. The van der Waals surface area contributed by atoms with Crippen LogP contribution in [-0.4, -0.2) is 73.7 Å². The number of rotatable bonds is 4. The molecule has 0 atom stereocenters. The summed E-state index contributed by atoms with van der Waals surface area (Å²) in [4.78, 5) is 4.59. The fourth-order valence-corrected chi connectivity index (χ4v) is 4.42. The first-order chi connectivity index (χ1) is 11.0. The Kier molecular flexibility index (Phi) is 4.86. The Hall–Kier alpha value is -1.22. The molecule has 2 aliphatic heterocycles. The number of aryl methyl sites for hydroxylation is 1. The van der Waals surface area contributed by atoms with E-state index in [1.807, 2.05) is 24.0 Å². The summed E-state index contributed by atoms with van der Waals surface area (Å²) in [5.41, 5.74) is 1.05. The van der Waals surface area contributed by atoms with E-state index in [0.29, 0.717) is 49.5 Å². The van der Waals surface area contributed by atoms with Gasteiger partial charge >= 0.3 is 0 Å². The van der Waals surface area contributed by atoms with Gasteiger partial charge < -0.3 is 9.64 Å². The summed E-state index contributed by atoms with van der Waals surface area (Å²) in [6.07, 6.45) is 0. The maximum absolute atomic E-state index is 12.7. The lowest BCUT2D eigenvalue weighted by molar-refractivity contribution is 0.142. The smallest absolute Gasteiger partial charge is 0.260 e. The molecule has 6 nitrogen and oxygen atoms in total. The highest BCUT2D eigenvalue weighted by atomic mass is 32.2. The zero-order valence-electron chi connectivity index (χ0n) is 13.1. The average molecular weight is 355 g/mol. The topological polar surface area (TPSA) is 53.1 Å². The van der Waals surface area contributed by atoms with Crippen molar-refractivity contribution in [1.29, 1.82) is 0 Å². The van der Waals surface area contributed by atoms with Crippen molar-refractivity contribution in [3.63, 3.8) is 0 Å². The van der Waals surface area contributed by atoms with Gasteiger partial charge in [0, 0.05) is 26.2 Å². The number of piperazine rings is 1. The number of sulfonamides is 1. The van der Waals surface area contributed by atoms with Crippen molar-refractivity contribution in [2.75, 3.05) is 46.0 Å². The van der Waals surface area contributed by atoms with Crippen molar-refractivity contribution in [2.45, 2.75) is 11.8 Å². The van der Waals surface area contributed by atoms with E-state index in [1.54, 1.807) is 16.4 Å². The summed E-state index contributed by atoms with van der Waals surface area (Å²) in [5, 5.41) is 0.541. The number of benzene rings is 1. The van der Waals surface area contributed by atoms with E-state index in [1.165, 1.54) is 0 Å². The molecule has 2 saturated heterocycles. The fraction of sp³-hybridized carbons (Fsp3) is 0.533. The maximum atomic E-state index is 12.7. The minimum Gasteiger partial charge on any atom is -0.469 e. The fourth-order valence-electron chi connectivity index (χ4n) is 2.77. The molecule has 0 N–H and O–H groups in total. The summed E-state index contributed by atoms with van der Waals surface area (Å²) >= 11 is 5.14. The van der Waals surface area contributed by atoms with E-state index in [9.17, 15) is 8.42 Å². The highest BCUT2D eigenvalue weighted by Gasteiger charge is 2.30. The third-order valence-electron chi connectivity index (χ3n) is 4.21. The minimum absolute atomic E-state index is 0.366. The first kappa shape index (κ1) is 16.6. The van der Waals surface area contributed by atoms with Crippen LogP contribution in [0.25, 0.3) is 0 Å². The zero-order chi connectivity index (χ0) is 16.4. The Morgan fingerprint density at radius 2 is 1.74 bits per heavy atom. The summed E-state index contributed by atoms with van der Waals surface area (Å²) in [5.74, 6) is 0. The highest BCUT2D eigenvalue weighted by molar-refractivity contribution is 7.89. The largest absolute Gasteiger partial charge is 0.469 e. The van der Waals surface area contributed by atoms with Gasteiger partial charge in [-0.15, -0.1) is 0 Å². The van der Waals surface area contributed by atoms with Crippen LogP contribution < -0.4 is 0 Å². The first-order valence-corrected chi connectivity index (χ1v) is 9.52. The molecule has 0 radical (unpaired) electrons. The van der Waals surface area contributed by atoms with Crippen LogP contribution in [0.5, 0.6) is 0 Å². The van der Waals surface area contributed by atoms with Crippen molar-refractivity contribution in [2.24, 2.45) is 0 Å². The Bertz CT molecular complexity index is 668. The van der Waals surface area contributed by atoms with Crippen LogP contribution in [0.15, 0.2) is 29.2 Å². The van der Waals surface area contributed by atoms with E-state index in [4.69, 9.17) is 17.0 Å². The molecule has 0 saturated carbocycles. The second-order valence-electron chi connectivity index (χ2n) is 5.85. The molecule has 1 aromatic rings. The molecule has 0 aromatic heterocycles. The van der Waals surface area contributed by atoms with Crippen LogP contribution in [0.1, 0.15) is 5.56 Å². The van der Waals surface area contributed by atoms with Crippen LogP contribution >= 0.6 is 12.2 Å². The van der Waals surface area contributed by atoms with E-state index in [0.717, 1.165) is 12.1 Å². The molecule has 126 valence electrons. The molecule has 2 aliphatic rings. The molecule has 0 bridgehead atoms. The van der Waals surface area contributed by atoms with Gasteiger partial charge in [0.25, 0.3) is 5.17 Å². The predicted molar refractivity (Wildman–Crippen MR) is 91.6 cm³/mol. The second kappa shape index (κ2) is 6.72. The Morgan fingerprint density at radius 3 is 2.30 bits per heavy atom. The normalized spacial score (nSPS) is 20.7. The van der Waals surface area contributed by atoms with Gasteiger partial charge in [-0.1, -0.05) is 17.7 Å². The summed E-state index contributed by atoms with van der Waals surface area (Å²) in [6, 6.07) is 7.02. The molecule has 23 heavy (non-hydrogen) atoms. The summed E-state index contributed by atoms with van der Waals surface area (Å²) < 4.78 is 32.2. The molecule has 0 aliphatic carbocycles. The Labute approximate surface area is 142 Å². The first-order valence-electron chi connectivity index (χ1n) is 7.68. The average Bonchev–Trinajstić information content (AvgIpc) is 2.93. The van der Waals surface area contributed by atoms with Gasteiger partial charge in [-0.2, -0.15) is 4.31 Å². The standard InChI is InChI=1S/C15H21N3O3S2/c1-13-2-4-14(5-3-13)23(19,20)18-8-6-16(7-9-18)12-17-10-11-21-15(17)22/h2-5H,6-12H2,1H3. The summed E-state index contributed by atoms with van der Waals surface area (Å²) in [6.45, 7) is 6.49. The number of hydrogen-bond donors (Lipinski definition) is 0. The maximum Gasteiger partial charge on any atom is 0.260 e. The highest BCUT2D eigenvalue weighted by Crippen LogP contribution is 2.18. The number of nitrogens with zero attached hydrogens (tertiary/aromatic N) is 3. The monoisotopic (exact) mass is 355 g/mol. The second-order valence-corrected chi connectivity index (χ2v) is 8.14. The van der Waals surface area contributed by atoms with E-state index in [2.05, 4.69) is 4.90 Å². The van der Waals surface area contributed by atoms with Gasteiger partial charge in [0.15, 0.2) is 0 Å². The minimum atomic E-state index is -3.40. The van der Waals surface area contributed by atoms with Gasteiger partial charge in [0.1, 0.15) is 6.61 Å². The van der Waals surface area contributed by atoms with Gasteiger partial charge in [-0.25, -0.2) is 8.42 Å². The zero-order valence-corrected chi connectivity index (χ0v) is 14.8. The van der Waals surface area contributed by atoms with Gasteiger partial charge in [0.05, 0.1) is 18.1 Å². The van der Waals surface area contributed by atoms with E-state index >= 15 is 0 Å². The van der Waals surface area contributed by atoms with E-state index in [-0.39, 0.29) is 0 Å². The lowest BCUT2D eigenvalue weighted by Gasteiger charge is -2.35. The van der Waals surface area contributed by atoms with Crippen molar-refractivity contribution < 1.29 is 13.2 Å². The third kappa shape index (κ3) is 3.65. The predicted octanol–water partition coefficient (Wildman–Crippen LogP) is 0.876. The third-order valence-corrected chi connectivity index (χ3v) is 6.49. The molecule has 1 aromatic carbocycles. The van der Waals surface area contributed by atoms with Crippen LogP contribution in [0.3, 0.4) is 0 Å². The SMILES string of the molecule is Cc1ccc(S(=O)(=O)N2CCN(CN3CCOC3=S)CC2)cc1. The molecule has 0 amide bonds. The van der Waals surface area contributed by atoms with Crippen molar-refractivity contribution in [3.05, 3.63) is 29.8 Å².